The minimum absolute atomic E-state index is 0.109. The largest absolute Gasteiger partial charge is 0.460 e. The molecule has 2 unspecified atom stereocenters. The second kappa shape index (κ2) is 11.2. The molecule has 1 aromatic carbocycles. The average Bonchev–Trinajstić information content (AvgIpc) is 3.09. The van der Waals surface area contributed by atoms with Gasteiger partial charge in [0.25, 0.3) is 0 Å². The number of rotatable bonds is 9. The van der Waals surface area contributed by atoms with E-state index >= 15 is 0 Å². The zero-order chi connectivity index (χ0) is 23.2. The second-order valence-electron chi connectivity index (χ2n) is 10.3. The van der Waals surface area contributed by atoms with Crippen molar-refractivity contribution in [2.45, 2.75) is 111 Å². The Morgan fingerprint density at radius 1 is 1.10 bits per heavy atom. The smallest absolute Gasteiger partial charge is 0.306 e. The molecule has 0 aliphatic carbocycles. The summed E-state index contributed by atoms with van der Waals surface area (Å²) in [6.07, 6.45) is 6.16. The van der Waals surface area contributed by atoms with Crippen molar-refractivity contribution >= 4 is 18.6 Å². The second-order valence-corrected chi connectivity index (χ2v) is 10.3. The predicted molar refractivity (Wildman–Crippen MR) is 130 cm³/mol. The molecule has 1 fully saturated rings. The summed E-state index contributed by atoms with van der Waals surface area (Å²) in [6, 6.07) is 6.86. The molecule has 1 aromatic rings. The number of nitrogens with zero attached hydrogens (tertiary/aromatic N) is 1. The molecule has 1 aliphatic rings. The first kappa shape index (κ1) is 25.5. The molecule has 172 valence electrons. The summed E-state index contributed by atoms with van der Waals surface area (Å²) in [7, 11) is 0. The summed E-state index contributed by atoms with van der Waals surface area (Å²) in [5, 5.41) is 0. The molecule has 0 spiro atoms. The molecule has 0 radical (unpaired) electrons. The summed E-state index contributed by atoms with van der Waals surface area (Å²) in [5.41, 5.74) is 3.35. The fraction of sp³-hybridized carbons (Fsp3) is 0.692. The van der Waals surface area contributed by atoms with Crippen LogP contribution in [0.5, 0.6) is 0 Å². The van der Waals surface area contributed by atoms with Crippen LogP contribution in [0.4, 0.5) is 0 Å². The molecule has 31 heavy (non-hydrogen) atoms. The number of benzene rings is 1. The molecule has 0 bridgehead atoms. The van der Waals surface area contributed by atoms with Gasteiger partial charge in [0, 0.05) is 19.4 Å². The standard InChI is InChI=1S/C26H42BNO3/c1-8-13-27(14-10-11-24(30)31-26(5,6)7)22-12-15-28(23(29)9-2)25(22)21-17-19(3)16-20(4)18-21/h16-18,22,25H,8-15H2,1-7H3. The normalized spacial score (nSPS) is 18.9. The molecule has 0 aromatic heterocycles. The van der Waals surface area contributed by atoms with E-state index in [1.54, 1.807) is 0 Å². The van der Waals surface area contributed by atoms with Gasteiger partial charge < -0.3 is 9.64 Å². The molecular weight excluding hydrogens is 385 g/mol. The summed E-state index contributed by atoms with van der Waals surface area (Å²) in [5.74, 6) is 0.578. The Bertz CT molecular complexity index is 735. The summed E-state index contributed by atoms with van der Waals surface area (Å²) < 4.78 is 5.49. The van der Waals surface area contributed by atoms with Crippen LogP contribution in [0.25, 0.3) is 0 Å². The first-order valence-corrected chi connectivity index (χ1v) is 12.1. The van der Waals surface area contributed by atoms with Crippen molar-refractivity contribution in [3.8, 4) is 0 Å². The summed E-state index contributed by atoms with van der Waals surface area (Å²) >= 11 is 0. The lowest BCUT2D eigenvalue weighted by atomic mass is 9.34. The SMILES string of the molecule is CCCB(CCCC(=O)OC(C)(C)C)C1CCN(C(=O)CC)C1c1cc(C)cc(C)c1. The number of aryl methyl sites for hydroxylation is 2. The fourth-order valence-electron chi connectivity index (χ4n) is 5.24. The van der Waals surface area contributed by atoms with Crippen LogP contribution in [0.15, 0.2) is 18.2 Å². The maximum atomic E-state index is 12.8. The van der Waals surface area contributed by atoms with Gasteiger partial charge in [-0.25, -0.2) is 0 Å². The van der Waals surface area contributed by atoms with Crippen LogP contribution in [0.2, 0.25) is 18.5 Å². The van der Waals surface area contributed by atoms with Crippen molar-refractivity contribution in [3.05, 3.63) is 34.9 Å². The van der Waals surface area contributed by atoms with Crippen molar-refractivity contribution < 1.29 is 14.3 Å². The molecule has 1 saturated heterocycles. The van der Waals surface area contributed by atoms with Gasteiger partial charge in [0.15, 0.2) is 0 Å². The number of esters is 1. The van der Waals surface area contributed by atoms with Crippen molar-refractivity contribution in [1.29, 1.82) is 0 Å². The number of carbonyl (C=O) groups is 2. The highest BCUT2D eigenvalue weighted by Gasteiger charge is 2.42. The van der Waals surface area contributed by atoms with Crippen LogP contribution in [-0.2, 0) is 14.3 Å². The van der Waals surface area contributed by atoms with Crippen LogP contribution in [-0.4, -0.2) is 35.6 Å². The van der Waals surface area contributed by atoms with Crippen molar-refractivity contribution in [1.82, 2.24) is 4.90 Å². The Balaban J connectivity index is 2.20. The lowest BCUT2D eigenvalue weighted by Crippen LogP contribution is -2.33. The Hall–Kier alpha value is -1.78. The molecule has 0 saturated carbocycles. The molecule has 1 amide bonds. The molecule has 1 aliphatic heterocycles. The molecule has 1 heterocycles. The van der Waals surface area contributed by atoms with E-state index in [9.17, 15) is 9.59 Å². The Morgan fingerprint density at radius 2 is 1.74 bits per heavy atom. The summed E-state index contributed by atoms with van der Waals surface area (Å²) in [6.45, 7) is 15.5. The van der Waals surface area contributed by atoms with Gasteiger partial charge in [-0.15, -0.1) is 0 Å². The fourth-order valence-corrected chi connectivity index (χ4v) is 5.24. The molecular formula is C26H42BNO3. The maximum Gasteiger partial charge on any atom is 0.306 e. The number of hydrogen-bond acceptors (Lipinski definition) is 3. The quantitative estimate of drug-likeness (QED) is 0.339. The van der Waals surface area contributed by atoms with Gasteiger partial charge in [0.05, 0.1) is 6.04 Å². The van der Waals surface area contributed by atoms with Gasteiger partial charge in [0.2, 0.25) is 5.91 Å². The van der Waals surface area contributed by atoms with Crippen molar-refractivity contribution in [3.63, 3.8) is 0 Å². The minimum Gasteiger partial charge on any atom is -0.460 e. The maximum absolute atomic E-state index is 12.8. The van der Waals surface area contributed by atoms with Gasteiger partial charge in [0.1, 0.15) is 12.3 Å². The monoisotopic (exact) mass is 427 g/mol. The van der Waals surface area contributed by atoms with E-state index in [0.717, 1.165) is 38.4 Å². The Labute approximate surface area is 190 Å². The number of amides is 1. The average molecular weight is 427 g/mol. The molecule has 2 rings (SSSR count). The zero-order valence-electron chi connectivity index (χ0n) is 20.8. The van der Waals surface area contributed by atoms with E-state index in [1.165, 1.54) is 16.7 Å². The van der Waals surface area contributed by atoms with Crippen molar-refractivity contribution in [2.24, 2.45) is 0 Å². The third-order valence-electron chi connectivity index (χ3n) is 6.29. The molecule has 0 N–H and O–H groups in total. The number of carbonyl (C=O) groups excluding carboxylic acids is 2. The van der Waals surface area contributed by atoms with Crippen LogP contribution >= 0.6 is 0 Å². The van der Waals surface area contributed by atoms with E-state index < -0.39 is 5.60 Å². The topological polar surface area (TPSA) is 46.6 Å². The minimum atomic E-state index is -0.430. The van der Waals surface area contributed by atoms with Crippen LogP contribution in [0, 0.1) is 13.8 Å². The van der Waals surface area contributed by atoms with E-state index in [4.69, 9.17) is 4.74 Å². The molecule has 5 heteroatoms. The highest BCUT2D eigenvalue weighted by atomic mass is 16.6. The van der Waals surface area contributed by atoms with Gasteiger partial charge in [-0.05, 0) is 58.8 Å². The van der Waals surface area contributed by atoms with E-state index in [2.05, 4.69) is 43.9 Å². The van der Waals surface area contributed by atoms with Crippen LogP contribution in [0.1, 0.15) is 89.5 Å². The third-order valence-corrected chi connectivity index (χ3v) is 6.29. The molecule has 4 nitrogen and oxygen atoms in total. The molecule has 2 atom stereocenters. The Morgan fingerprint density at radius 3 is 2.29 bits per heavy atom. The first-order valence-electron chi connectivity index (χ1n) is 12.1. The zero-order valence-corrected chi connectivity index (χ0v) is 20.8. The summed E-state index contributed by atoms with van der Waals surface area (Å²) in [4.78, 5) is 27.1. The van der Waals surface area contributed by atoms with E-state index in [-0.39, 0.29) is 17.9 Å². The highest BCUT2D eigenvalue weighted by Crippen LogP contribution is 2.46. The van der Waals surface area contributed by atoms with E-state index in [0.29, 0.717) is 25.4 Å². The predicted octanol–water partition coefficient (Wildman–Crippen LogP) is 6.38. The number of hydrogen-bond donors (Lipinski definition) is 0. The van der Waals surface area contributed by atoms with Gasteiger partial charge in [-0.2, -0.15) is 0 Å². The van der Waals surface area contributed by atoms with Gasteiger partial charge in [-0.3, -0.25) is 9.59 Å². The third kappa shape index (κ3) is 7.40. The number of ether oxygens (including phenoxy) is 1. The van der Waals surface area contributed by atoms with Crippen LogP contribution < -0.4 is 0 Å². The van der Waals surface area contributed by atoms with E-state index in [1.807, 2.05) is 27.7 Å². The lowest BCUT2D eigenvalue weighted by molar-refractivity contribution is -0.154. The first-order chi connectivity index (χ1) is 14.6. The van der Waals surface area contributed by atoms with Crippen molar-refractivity contribution in [2.75, 3.05) is 6.54 Å². The highest BCUT2D eigenvalue weighted by molar-refractivity contribution is 6.60. The van der Waals surface area contributed by atoms with Crippen LogP contribution in [0.3, 0.4) is 0 Å². The lowest BCUT2D eigenvalue weighted by Gasteiger charge is -2.32. The van der Waals surface area contributed by atoms with Gasteiger partial charge in [-0.1, -0.05) is 62.2 Å². The number of likely N-dealkylation sites (tertiary alicyclic amines) is 1. The Kier molecular flexibility index (Phi) is 9.21. The van der Waals surface area contributed by atoms with Gasteiger partial charge >= 0.3 is 5.97 Å².